The number of hydrogen-bond donors (Lipinski definition) is 0. The molecule has 0 unspecified atom stereocenters. The molecule has 0 heterocycles. The van der Waals surface area contributed by atoms with Crippen molar-refractivity contribution in [2.24, 2.45) is 0 Å². The monoisotopic (exact) mass is 364 g/mol. The van der Waals surface area contributed by atoms with Crippen LogP contribution in [0.3, 0.4) is 0 Å². The van der Waals surface area contributed by atoms with Crippen LogP contribution in [0, 0.1) is 17.5 Å². The van der Waals surface area contributed by atoms with E-state index in [1.54, 1.807) is 0 Å². The standard InChI is InChI=1S/C18H12F3O3P/c19-13-1-7-16(8-2-13)22-25(23-17-9-3-14(20)4-10-17)24-18-11-5-15(21)6-12-18/h1-12H. The summed E-state index contributed by atoms with van der Waals surface area (Å²) in [7, 11) is -1.99. The quantitative estimate of drug-likeness (QED) is 0.512. The molecule has 0 saturated carbocycles. The third-order valence-corrected chi connectivity index (χ3v) is 4.06. The molecule has 0 amide bonds. The molecular formula is C18H12F3O3P. The zero-order valence-corrected chi connectivity index (χ0v) is 13.6. The molecule has 128 valence electrons. The maximum Gasteiger partial charge on any atom is 0.530 e. The summed E-state index contributed by atoms with van der Waals surface area (Å²) in [4.78, 5) is 0. The molecule has 3 rings (SSSR count). The van der Waals surface area contributed by atoms with Gasteiger partial charge in [-0.2, -0.15) is 0 Å². The maximum atomic E-state index is 13.0. The van der Waals surface area contributed by atoms with E-state index in [0.717, 1.165) is 0 Å². The molecule has 3 nitrogen and oxygen atoms in total. The Labute approximate surface area is 143 Å². The Morgan fingerprint density at radius 2 is 0.680 bits per heavy atom. The van der Waals surface area contributed by atoms with Crippen molar-refractivity contribution >= 4 is 8.60 Å². The largest absolute Gasteiger partial charge is 0.530 e. The Kier molecular flexibility index (Phi) is 5.41. The second kappa shape index (κ2) is 7.90. The molecule has 25 heavy (non-hydrogen) atoms. The Morgan fingerprint density at radius 1 is 0.440 bits per heavy atom. The van der Waals surface area contributed by atoms with Gasteiger partial charge in [-0.25, -0.2) is 13.2 Å². The van der Waals surface area contributed by atoms with Crippen molar-refractivity contribution in [2.75, 3.05) is 0 Å². The van der Waals surface area contributed by atoms with E-state index in [2.05, 4.69) is 0 Å². The molecule has 0 aliphatic heterocycles. The highest BCUT2D eigenvalue weighted by Gasteiger charge is 2.20. The minimum Gasteiger partial charge on any atom is -0.409 e. The lowest BCUT2D eigenvalue weighted by atomic mass is 10.3. The number of benzene rings is 3. The second-order valence-electron chi connectivity index (χ2n) is 4.86. The molecule has 0 aromatic heterocycles. The van der Waals surface area contributed by atoms with E-state index in [1.165, 1.54) is 72.8 Å². The van der Waals surface area contributed by atoms with Gasteiger partial charge in [0, 0.05) is 0 Å². The van der Waals surface area contributed by atoms with Crippen molar-refractivity contribution in [3.05, 3.63) is 90.2 Å². The SMILES string of the molecule is Fc1ccc(OP(Oc2ccc(F)cc2)Oc2ccc(F)cc2)cc1. The molecule has 3 aromatic carbocycles. The van der Waals surface area contributed by atoms with Crippen molar-refractivity contribution in [1.29, 1.82) is 0 Å². The van der Waals surface area contributed by atoms with Crippen LogP contribution in [0.2, 0.25) is 0 Å². The van der Waals surface area contributed by atoms with Crippen LogP contribution >= 0.6 is 8.60 Å². The molecule has 0 saturated heterocycles. The van der Waals surface area contributed by atoms with Crippen LogP contribution in [0.1, 0.15) is 0 Å². The van der Waals surface area contributed by atoms with Gasteiger partial charge < -0.3 is 13.6 Å². The van der Waals surface area contributed by atoms with E-state index >= 15 is 0 Å². The number of hydrogen-bond acceptors (Lipinski definition) is 3. The van der Waals surface area contributed by atoms with Gasteiger partial charge in [0.2, 0.25) is 0 Å². The van der Waals surface area contributed by atoms with Gasteiger partial charge in [-0.1, -0.05) is 0 Å². The summed E-state index contributed by atoms with van der Waals surface area (Å²) in [6.07, 6.45) is 0. The first-order valence-electron chi connectivity index (χ1n) is 7.19. The predicted molar refractivity (Wildman–Crippen MR) is 88.0 cm³/mol. The lowest BCUT2D eigenvalue weighted by Crippen LogP contribution is -2.02. The highest BCUT2D eigenvalue weighted by Crippen LogP contribution is 2.42. The van der Waals surface area contributed by atoms with Crippen LogP contribution in [0.5, 0.6) is 17.2 Å². The van der Waals surface area contributed by atoms with Gasteiger partial charge in [0.25, 0.3) is 0 Å². The van der Waals surface area contributed by atoms with Crippen LogP contribution in [-0.4, -0.2) is 0 Å². The predicted octanol–water partition coefficient (Wildman–Crippen LogP) is 5.87. The molecule has 0 aliphatic carbocycles. The molecular weight excluding hydrogens is 352 g/mol. The first-order valence-corrected chi connectivity index (χ1v) is 8.29. The smallest absolute Gasteiger partial charge is 0.409 e. The summed E-state index contributed by atoms with van der Waals surface area (Å²) < 4.78 is 55.8. The molecule has 0 N–H and O–H groups in total. The van der Waals surface area contributed by atoms with Gasteiger partial charge in [0.15, 0.2) is 0 Å². The molecule has 0 atom stereocenters. The average Bonchev–Trinajstić information content (AvgIpc) is 2.61. The average molecular weight is 364 g/mol. The van der Waals surface area contributed by atoms with Crippen molar-refractivity contribution < 1.29 is 26.7 Å². The summed E-state index contributed by atoms with van der Waals surface area (Å²) in [5.74, 6) is -0.230. The van der Waals surface area contributed by atoms with Crippen LogP contribution in [-0.2, 0) is 0 Å². The fourth-order valence-corrected chi connectivity index (χ4v) is 2.79. The van der Waals surface area contributed by atoms with Crippen LogP contribution in [0.25, 0.3) is 0 Å². The zero-order chi connectivity index (χ0) is 17.6. The molecule has 0 bridgehead atoms. The number of rotatable bonds is 6. The zero-order valence-electron chi connectivity index (χ0n) is 12.7. The van der Waals surface area contributed by atoms with Gasteiger partial charge in [-0.15, -0.1) is 0 Å². The van der Waals surface area contributed by atoms with Gasteiger partial charge in [0.1, 0.15) is 34.7 Å². The van der Waals surface area contributed by atoms with Crippen molar-refractivity contribution in [2.45, 2.75) is 0 Å². The highest BCUT2D eigenvalue weighted by atomic mass is 31.2. The summed E-state index contributed by atoms with van der Waals surface area (Å²) in [6, 6.07) is 15.9. The first kappa shape index (κ1) is 17.1. The van der Waals surface area contributed by atoms with Gasteiger partial charge in [-0.05, 0) is 72.8 Å². The minimum atomic E-state index is -1.99. The normalized spacial score (nSPS) is 10.6. The fraction of sp³-hybridized carbons (Fsp3) is 0. The van der Waals surface area contributed by atoms with Gasteiger partial charge in [0.05, 0.1) is 0 Å². The molecule has 0 radical (unpaired) electrons. The molecule has 7 heteroatoms. The molecule has 0 spiro atoms. The second-order valence-corrected chi connectivity index (χ2v) is 5.85. The summed E-state index contributed by atoms with van der Waals surface area (Å²) >= 11 is 0. The van der Waals surface area contributed by atoms with E-state index in [1.807, 2.05) is 0 Å². The van der Waals surface area contributed by atoms with Crippen LogP contribution in [0.15, 0.2) is 72.8 Å². The summed E-state index contributed by atoms with van der Waals surface area (Å²) in [5.41, 5.74) is 0. The van der Waals surface area contributed by atoms with E-state index in [4.69, 9.17) is 13.6 Å². The maximum absolute atomic E-state index is 13.0. The lowest BCUT2D eigenvalue weighted by Gasteiger charge is -2.18. The molecule has 0 fully saturated rings. The van der Waals surface area contributed by atoms with Crippen LogP contribution < -0.4 is 13.6 Å². The van der Waals surface area contributed by atoms with Gasteiger partial charge in [-0.3, -0.25) is 0 Å². The first-order chi connectivity index (χ1) is 12.1. The van der Waals surface area contributed by atoms with Crippen LogP contribution in [0.4, 0.5) is 13.2 Å². The summed E-state index contributed by atoms with van der Waals surface area (Å²) in [6.45, 7) is 0. The highest BCUT2D eigenvalue weighted by molar-refractivity contribution is 7.43. The summed E-state index contributed by atoms with van der Waals surface area (Å²) in [5, 5.41) is 0. The Morgan fingerprint density at radius 3 is 0.920 bits per heavy atom. The minimum absolute atomic E-state index is 0.330. The van der Waals surface area contributed by atoms with Crippen molar-refractivity contribution in [1.82, 2.24) is 0 Å². The molecule has 0 aliphatic rings. The van der Waals surface area contributed by atoms with Crippen molar-refractivity contribution in [3.8, 4) is 17.2 Å². The van der Waals surface area contributed by atoms with E-state index in [9.17, 15) is 13.2 Å². The van der Waals surface area contributed by atoms with Crippen molar-refractivity contribution in [3.63, 3.8) is 0 Å². The Hall–Kier alpha value is -2.72. The van der Waals surface area contributed by atoms with E-state index in [-0.39, 0.29) is 0 Å². The molecule has 3 aromatic rings. The lowest BCUT2D eigenvalue weighted by molar-refractivity contribution is 0.387. The topological polar surface area (TPSA) is 27.7 Å². The van der Waals surface area contributed by atoms with E-state index in [0.29, 0.717) is 17.2 Å². The Balaban J connectivity index is 1.77. The third kappa shape index (κ3) is 5.13. The van der Waals surface area contributed by atoms with E-state index < -0.39 is 26.1 Å². The number of halogens is 3. The fourth-order valence-electron chi connectivity index (χ4n) is 1.80. The van der Waals surface area contributed by atoms with Gasteiger partial charge >= 0.3 is 8.60 Å². The Bertz CT molecular complexity index is 696. The third-order valence-electron chi connectivity index (χ3n) is 2.98.